The largest absolute Gasteiger partial charge is 0.411 e. The van der Waals surface area contributed by atoms with Crippen LogP contribution < -0.4 is 5.32 Å². The van der Waals surface area contributed by atoms with E-state index in [4.69, 9.17) is 5.21 Å². The predicted octanol–water partition coefficient (Wildman–Crippen LogP) is 1.69. The smallest absolute Gasteiger partial charge is 0.270 e. The summed E-state index contributed by atoms with van der Waals surface area (Å²) in [7, 11) is 0. The van der Waals surface area contributed by atoms with Crippen molar-refractivity contribution in [3.05, 3.63) is 27.8 Å². The fraction of sp³-hybridized carbons (Fsp3) is 0. The standard InChI is InChI=1S/C8H7IN2O2/c9-6-2-1-3-7(4-6)11-8(12)5-10-13/h1-5,13H,(H,11,12)/b10-5+. The first-order chi connectivity index (χ1) is 6.22. The number of benzene rings is 1. The van der Waals surface area contributed by atoms with E-state index in [1.54, 1.807) is 6.07 Å². The maximum atomic E-state index is 10.9. The molecule has 0 aliphatic rings. The summed E-state index contributed by atoms with van der Waals surface area (Å²) in [4.78, 5) is 10.9. The van der Waals surface area contributed by atoms with E-state index in [1.165, 1.54) is 0 Å². The number of anilines is 1. The minimum absolute atomic E-state index is 0.454. The van der Waals surface area contributed by atoms with E-state index >= 15 is 0 Å². The number of halogens is 1. The van der Waals surface area contributed by atoms with E-state index in [-0.39, 0.29) is 0 Å². The summed E-state index contributed by atoms with van der Waals surface area (Å²) in [5, 5.41) is 13.2. The molecule has 0 aromatic heterocycles. The third-order valence-corrected chi connectivity index (χ3v) is 1.94. The Morgan fingerprint density at radius 2 is 2.38 bits per heavy atom. The molecule has 4 nitrogen and oxygen atoms in total. The second-order valence-corrected chi connectivity index (χ2v) is 3.49. The Balaban J connectivity index is 2.69. The monoisotopic (exact) mass is 290 g/mol. The molecule has 0 saturated carbocycles. The highest BCUT2D eigenvalue weighted by atomic mass is 127. The highest BCUT2D eigenvalue weighted by molar-refractivity contribution is 14.1. The van der Waals surface area contributed by atoms with Crippen molar-refractivity contribution in [1.82, 2.24) is 0 Å². The van der Waals surface area contributed by atoms with Crippen LogP contribution in [0.4, 0.5) is 5.69 Å². The normalized spacial score (nSPS) is 10.2. The van der Waals surface area contributed by atoms with Crippen LogP contribution in [0.2, 0.25) is 0 Å². The molecule has 0 aliphatic carbocycles. The summed E-state index contributed by atoms with van der Waals surface area (Å²) >= 11 is 2.14. The van der Waals surface area contributed by atoms with Gasteiger partial charge in [-0.3, -0.25) is 4.79 Å². The van der Waals surface area contributed by atoms with Crippen molar-refractivity contribution in [2.45, 2.75) is 0 Å². The quantitative estimate of drug-likeness (QED) is 0.377. The van der Waals surface area contributed by atoms with Gasteiger partial charge in [0.1, 0.15) is 6.21 Å². The van der Waals surface area contributed by atoms with Gasteiger partial charge in [-0.25, -0.2) is 0 Å². The highest BCUT2D eigenvalue weighted by Crippen LogP contribution is 2.11. The van der Waals surface area contributed by atoms with Gasteiger partial charge in [-0.15, -0.1) is 0 Å². The second kappa shape index (κ2) is 4.80. The third-order valence-electron chi connectivity index (χ3n) is 1.27. The molecule has 0 aliphatic heterocycles. The van der Waals surface area contributed by atoms with Gasteiger partial charge in [0.15, 0.2) is 0 Å². The molecule has 0 saturated heterocycles. The molecule has 68 valence electrons. The van der Waals surface area contributed by atoms with Crippen molar-refractivity contribution in [1.29, 1.82) is 0 Å². The number of hydrogen-bond donors (Lipinski definition) is 2. The summed E-state index contributed by atoms with van der Waals surface area (Å²) in [6.07, 6.45) is 0.805. The minimum atomic E-state index is -0.454. The van der Waals surface area contributed by atoms with Crippen molar-refractivity contribution in [2.75, 3.05) is 5.32 Å². The van der Waals surface area contributed by atoms with Gasteiger partial charge in [0.25, 0.3) is 5.91 Å². The fourth-order valence-electron chi connectivity index (χ4n) is 0.793. The van der Waals surface area contributed by atoms with Gasteiger partial charge in [0, 0.05) is 9.26 Å². The molecule has 13 heavy (non-hydrogen) atoms. The second-order valence-electron chi connectivity index (χ2n) is 2.24. The lowest BCUT2D eigenvalue weighted by Gasteiger charge is -2.00. The van der Waals surface area contributed by atoms with Gasteiger partial charge in [0.05, 0.1) is 0 Å². The Bertz CT molecular complexity index is 339. The Hall–Kier alpha value is -1.11. The zero-order chi connectivity index (χ0) is 9.68. The molecule has 1 rings (SSSR count). The number of amides is 1. The maximum absolute atomic E-state index is 10.9. The summed E-state index contributed by atoms with van der Waals surface area (Å²) in [6, 6.07) is 7.30. The van der Waals surface area contributed by atoms with Crippen LogP contribution in [0.3, 0.4) is 0 Å². The number of hydrogen-bond acceptors (Lipinski definition) is 3. The molecular weight excluding hydrogens is 283 g/mol. The average Bonchev–Trinajstić information content (AvgIpc) is 2.04. The van der Waals surface area contributed by atoms with Crippen LogP contribution in [0.5, 0.6) is 0 Å². The van der Waals surface area contributed by atoms with Crippen LogP contribution in [0, 0.1) is 3.57 Å². The first-order valence-electron chi connectivity index (χ1n) is 3.46. The third kappa shape index (κ3) is 3.41. The Labute approximate surface area is 88.8 Å². The van der Waals surface area contributed by atoms with E-state index < -0.39 is 5.91 Å². The van der Waals surface area contributed by atoms with Crippen LogP contribution in [-0.2, 0) is 4.79 Å². The first kappa shape index (κ1) is 9.97. The predicted molar refractivity (Wildman–Crippen MR) is 58.1 cm³/mol. The van der Waals surface area contributed by atoms with Crippen LogP contribution in [-0.4, -0.2) is 17.3 Å². The van der Waals surface area contributed by atoms with Crippen molar-refractivity contribution in [2.24, 2.45) is 5.16 Å². The molecule has 1 aromatic rings. The van der Waals surface area contributed by atoms with Gasteiger partial charge in [-0.1, -0.05) is 11.2 Å². The molecule has 0 atom stereocenters. The van der Waals surface area contributed by atoms with Crippen molar-refractivity contribution in [3.63, 3.8) is 0 Å². The molecule has 0 unspecified atom stereocenters. The zero-order valence-corrected chi connectivity index (χ0v) is 8.72. The Morgan fingerprint density at radius 3 is 3.00 bits per heavy atom. The zero-order valence-electron chi connectivity index (χ0n) is 6.57. The van der Waals surface area contributed by atoms with Crippen LogP contribution in [0.1, 0.15) is 0 Å². The van der Waals surface area contributed by atoms with Crippen LogP contribution in [0.15, 0.2) is 29.4 Å². The summed E-state index contributed by atoms with van der Waals surface area (Å²) in [6.45, 7) is 0. The number of nitrogens with one attached hydrogen (secondary N) is 1. The lowest BCUT2D eigenvalue weighted by Crippen LogP contribution is -2.12. The molecule has 2 N–H and O–H groups in total. The Morgan fingerprint density at radius 1 is 1.62 bits per heavy atom. The highest BCUT2D eigenvalue weighted by Gasteiger charge is 1.97. The number of carbonyl (C=O) groups excluding carboxylic acids is 1. The van der Waals surface area contributed by atoms with Gasteiger partial charge >= 0.3 is 0 Å². The van der Waals surface area contributed by atoms with Gasteiger partial charge in [-0.05, 0) is 40.8 Å². The summed E-state index contributed by atoms with van der Waals surface area (Å²) in [5.74, 6) is -0.454. The molecule has 0 radical (unpaired) electrons. The molecule has 0 bridgehead atoms. The first-order valence-corrected chi connectivity index (χ1v) is 4.54. The Kier molecular flexibility index (Phi) is 3.69. The summed E-state index contributed by atoms with van der Waals surface area (Å²) in [5.41, 5.74) is 0.678. The summed E-state index contributed by atoms with van der Waals surface area (Å²) < 4.78 is 1.02. The molecule has 0 fully saturated rings. The van der Waals surface area contributed by atoms with Gasteiger partial charge < -0.3 is 10.5 Å². The average molecular weight is 290 g/mol. The SMILES string of the molecule is O=C(/C=N/O)Nc1cccc(I)c1. The maximum Gasteiger partial charge on any atom is 0.270 e. The molecular formula is C8H7IN2O2. The lowest BCUT2D eigenvalue weighted by atomic mass is 10.3. The minimum Gasteiger partial charge on any atom is -0.411 e. The number of nitrogens with zero attached hydrogens (tertiary/aromatic N) is 1. The lowest BCUT2D eigenvalue weighted by molar-refractivity contribution is -0.110. The van der Waals surface area contributed by atoms with Crippen molar-refractivity contribution in [3.8, 4) is 0 Å². The molecule has 1 amide bonds. The van der Waals surface area contributed by atoms with E-state index in [1.807, 2.05) is 18.2 Å². The van der Waals surface area contributed by atoms with Gasteiger partial charge in [-0.2, -0.15) is 0 Å². The number of carbonyl (C=O) groups is 1. The fourth-order valence-corrected chi connectivity index (χ4v) is 1.34. The number of rotatable bonds is 2. The topological polar surface area (TPSA) is 61.7 Å². The van der Waals surface area contributed by atoms with Crippen molar-refractivity contribution >= 4 is 40.4 Å². The molecule has 1 aromatic carbocycles. The van der Waals surface area contributed by atoms with E-state index in [0.717, 1.165) is 9.78 Å². The molecule has 5 heteroatoms. The van der Waals surface area contributed by atoms with Gasteiger partial charge in [0.2, 0.25) is 0 Å². The van der Waals surface area contributed by atoms with E-state index in [0.29, 0.717) is 5.69 Å². The van der Waals surface area contributed by atoms with Crippen LogP contribution >= 0.6 is 22.6 Å². The van der Waals surface area contributed by atoms with Crippen LogP contribution in [0.25, 0.3) is 0 Å². The van der Waals surface area contributed by atoms with Crippen molar-refractivity contribution < 1.29 is 10.0 Å². The molecule has 0 spiro atoms. The molecule has 0 heterocycles. The van der Waals surface area contributed by atoms with E-state index in [9.17, 15) is 4.79 Å². The van der Waals surface area contributed by atoms with E-state index in [2.05, 4.69) is 33.1 Å². The number of oxime groups is 1.